The summed E-state index contributed by atoms with van der Waals surface area (Å²) in [5, 5.41) is 10.6. The Bertz CT molecular complexity index is 202. The molecule has 9 heavy (non-hydrogen) atoms. The summed E-state index contributed by atoms with van der Waals surface area (Å²) in [6.07, 6.45) is 4.03. The van der Waals surface area contributed by atoms with Gasteiger partial charge in [-0.05, 0) is 0 Å². The normalized spacial score (nSPS) is 9.00. The second kappa shape index (κ2) is 2.30. The maximum atomic E-state index is 10.6. The Labute approximate surface area is 52.3 Å². The summed E-state index contributed by atoms with van der Waals surface area (Å²) in [6.45, 7) is 0. The van der Waals surface area contributed by atoms with Crippen molar-refractivity contribution in [3.8, 4) is 5.88 Å². The Kier molecular flexibility index (Phi) is 1.48. The van der Waals surface area contributed by atoms with Gasteiger partial charge in [0.2, 0.25) is 6.20 Å². The number of methoxy groups -OCH3 is 1. The summed E-state index contributed by atoms with van der Waals surface area (Å²) in [5.74, 6) is 0.206. The van der Waals surface area contributed by atoms with Crippen molar-refractivity contribution in [2.75, 3.05) is 7.11 Å². The summed E-state index contributed by atoms with van der Waals surface area (Å²) in [6, 6.07) is 0. The molecule has 4 heteroatoms. The average Bonchev–Trinajstić information content (AvgIpc) is 1.89. The highest BCUT2D eigenvalue weighted by Gasteiger charge is 1.99. The zero-order valence-corrected chi connectivity index (χ0v) is 4.94. The van der Waals surface area contributed by atoms with E-state index in [2.05, 4.69) is 9.72 Å². The van der Waals surface area contributed by atoms with E-state index in [1.165, 1.54) is 25.7 Å². The maximum absolute atomic E-state index is 10.6. The molecule has 0 aliphatic heterocycles. The molecule has 4 nitrogen and oxygen atoms in total. The van der Waals surface area contributed by atoms with Crippen LogP contribution in [0, 0.1) is 5.21 Å². The summed E-state index contributed by atoms with van der Waals surface area (Å²) < 4.78 is 5.24. The molecule has 48 valence electrons. The van der Waals surface area contributed by atoms with Gasteiger partial charge >= 0.3 is 5.88 Å². The zero-order valence-electron chi connectivity index (χ0n) is 4.94. The van der Waals surface area contributed by atoms with Gasteiger partial charge in [-0.1, -0.05) is 0 Å². The van der Waals surface area contributed by atoms with Crippen LogP contribution in [-0.4, -0.2) is 12.1 Å². The molecule has 0 radical (unpaired) electrons. The van der Waals surface area contributed by atoms with Gasteiger partial charge in [-0.2, -0.15) is 0 Å². The quantitative estimate of drug-likeness (QED) is 0.384. The number of hydrogen-bond acceptors (Lipinski definition) is 3. The standard InChI is InChI=1S/C5H6N2O2/c1-9-5-4-6-2-3-7(5)8/h2-4H,1H3. The van der Waals surface area contributed by atoms with E-state index in [-0.39, 0.29) is 5.88 Å². The Balaban J connectivity index is 3.01. The number of aromatic nitrogens is 2. The predicted octanol–water partition coefficient (Wildman–Crippen LogP) is -0.276. The van der Waals surface area contributed by atoms with Gasteiger partial charge in [0.05, 0.1) is 13.3 Å². The molecular formula is C5H6N2O2. The zero-order chi connectivity index (χ0) is 6.69. The Hall–Kier alpha value is -1.32. The van der Waals surface area contributed by atoms with Gasteiger partial charge in [-0.25, -0.2) is 4.98 Å². The third-order valence-corrected chi connectivity index (χ3v) is 0.899. The molecule has 0 unspecified atom stereocenters. The lowest BCUT2D eigenvalue weighted by Gasteiger charge is -1.98. The van der Waals surface area contributed by atoms with Gasteiger partial charge < -0.3 is 9.94 Å². The molecule has 0 aromatic carbocycles. The van der Waals surface area contributed by atoms with Crippen molar-refractivity contribution < 1.29 is 9.47 Å². The van der Waals surface area contributed by atoms with Crippen LogP contribution in [0.2, 0.25) is 0 Å². The van der Waals surface area contributed by atoms with Crippen LogP contribution in [0.3, 0.4) is 0 Å². The van der Waals surface area contributed by atoms with Gasteiger partial charge in [0, 0.05) is 0 Å². The third kappa shape index (κ3) is 1.07. The van der Waals surface area contributed by atoms with Crippen molar-refractivity contribution in [2.45, 2.75) is 0 Å². The molecule has 0 N–H and O–H groups in total. The number of ether oxygens (including phenoxy) is 1. The largest absolute Gasteiger partial charge is 0.616 e. The van der Waals surface area contributed by atoms with Crippen LogP contribution in [0.5, 0.6) is 5.88 Å². The molecule has 0 amide bonds. The summed E-state index contributed by atoms with van der Waals surface area (Å²) >= 11 is 0. The number of rotatable bonds is 1. The number of nitrogens with zero attached hydrogens (tertiary/aromatic N) is 2. The first-order chi connectivity index (χ1) is 4.34. The van der Waals surface area contributed by atoms with Gasteiger partial charge in [0.1, 0.15) is 6.20 Å². The molecule has 1 aromatic rings. The number of hydrogen-bond donors (Lipinski definition) is 0. The van der Waals surface area contributed by atoms with Crippen molar-refractivity contribution in [3.05, 3.63) is 23.8 Å². The fraction of sp³-hybridized carbons (Fsp3) is 0.200. The SMILES string of the molecule is COc1cncc[n+]1[O-]. The van der Waals surface area contributed by atoms with Crippen LogP contribution in [0.1, 0.15) is 0 Å². The van der Waals surface area contributed by atoms with E-state index < -0.39 is 0 Å². The van der Waals surface area contributed by atoms with Crippen molar-refractivity contribution in [1.29, 1.82) is 0 Å². The third-order valence-electron chi connectivity index (χ3n) is 0.899. The highest BCUT2D eigenvalue weighted by Crippen LogP contribution is 1.94. The van der Waals surface area contributed by atoms with Crippen LogP contribution in [0.15, 0.2) is 18.6 Å². The topological polar surface area (TPSA) is 49.1 Å². The lowest BCUT2D eigenvalue weighted by Crippen LogP contribution is -2.27. The molecule has 1 aromatic heterocycles. The first kappa shape index (κ1) is 5.81. The summed E-state index contributed by atoms with van der Waals surface area (Å²) in [4.78, 5) is 3.67. The highest BCUT2D eigenvalue weighted by atomic mass is 16.5. The lowest BCUT2D eigenvalue weighted by molar-refractivity contribution is -0.612. The Morgan fingerprint density at radius 1 is 1.78 bits per heavy atom. The van der Waals surface area contributed by atoms with Gasteiger partial charge in [0.25, 0.3) is 0 Å². The smallest absolute Gasteiger partial charge is 0.398 e. The Morgan fingerprint density at radius 2 is 2.56 bits per heavy atom. The molecule has 0 spiro atoms. The van der Waals surface area contributed by atoms with E-state index in [0.717, 1.165) is 0 Å². The average molecular weight is 126 g/mol. The van der Waals surface area contributed by atoms with Crippen LogP contribution >= 0.6 is 0 Å². The van der Waals surface area contributed by atoms with Crippen molar-refractivity contribution in [1.82, 2.24) is 4.98 Å². The molecule has 0 atom stereocenters. The molecule has 1 heterocycles. The second-order valence-electron chi connectivity index (χ2n) is 1.44. The minimum absolute atomic E-state index is 0.206. The molecule has 0 aliphatic rings. The second-order valence-corrected chi connectivity index (χ2v) is 1.44. The lowest BCUT2D eigenvalue weighted by atomic mass is 10.7. The van der Waals surface area contributed by atoms with Crippen molar-refractivity contribution in [2.24, 2.45) is 0 Å². The van der Waals surface area contributed by atoms with E-state index in [1.807, 2.05) is 0 Å². The summed E-state index contributed by atoms with van der Waals surface area (Å²) in [7, 11) is 1.42. The van der Waals surface area contributed by atoms with Crippen LogP contribution in [-0.2, 0) is 0 Å². The molecule has 1 rings (SSSR count). The van der Waals surface area contributed by atoms with Crippen LogP contribution < -0.4 is 9.47 Å². The highest BCUT2D eigenvalue weighted by molar-refractivity contribution is 4.92. The fourth-order valence-corrected chi connectivity index (χ4v) is 0.479. The van der Waals surface area contributed by atoms with Crippen LogP contribution in [0.25, 0.3) is 0 Å². The van der Waals surface area contributed by atoms with Gasteiger partial charge in [-0.3, -0.25) is 0 Å². The Morgan fingerprint density at radius 3 is 3.00 bits per heavy atom. The molecular weight excluding hydrogens is 120 g/mol. The van der Waals surface area contributed by atoms with Crippen molar-refractivity contribution >= 4 is 0 Å². The maximum Gasteiger partial charge on any atom is 0.398 e. The molecule has 0 saturated carbocycles. The first-order valence-corrected chi connectivity index (χ1v) is 2.42. The fourth-order valence-electron chi connectivity index (χ4n) is 0.479. The van der Waals surface area contributed by atoms with Gasteiger partial charge in [0.15, 0.2) is 0 Å². The summed E-state index contributed by atoms with van der Waals surface area (Å²) in [5.41, 5.74) is 0. The van der Waals surface area contributed by atoms with E-state index in [4.69, 9.17) is 0 Å². The van der Waals surface area contributed by atoms with Crippen LogP contribution in [0.4, 0.5) is 0 Å². The van der Waals surface area contributed by atoms with Crippen molar-refractivity contribution in [3.63, 3.8) is 0 Å². The molecule has 0 bridgehead atoms. The minimum Gasteiger partial charge on any atom is -0.616 e. The monoisotopic (exact) mass is 126 g/mol. The molecule has 0 aliphatic carbocycles. The molecule has 0 fully saturated rings. The minimum atomic E-state index is 0.206. The van der Waals surface area contributed by atoms with E-state index >= 15 is 0 Å². The van der Waals surface area contributed by atoms with E-state index in [0.29, 0.717) is 4.73 Å². The first-order valence-electron chi connectivity index (χ1n) is 2.42. The van der Waals surface area contributed by atoms with E-state index in [9.17, 15) is 5.21 Å². The van der Waals surface area contributed by atoms with E-state index in [1.54, 1.807) is 0 Å². The predicted molar refractivity (Wildman–Crippen MR) is 29.7 cm³/mol. The molecule has 0 saturated heterocycles. The van der Waals surface area contributed by atoms with Gasteiger partial charge in [-0.15, -0.1) is 4.73 Å².